The molecule has 0 fully saturated rings. The van der Waals surface area contributed by atoms with Crippen LogP contribution >= 0.6 is 0 Å². The Morgan fingerprint density at radius 1 is 0.369 bits per heavy atom. The Kier molecular flexibility index (Phi) is 30.0. The monoisotopic (exact) mass is 1640 g/mol. The Labute approximate surface area is 718 Å². The zero-order chi connectivity index (χ0) is 86.3. The van der Waals surface area contributed by atoms with Crippen LogP contribution in [0.25, 0.3) is 61.9 Å². The maximum atomic E-state index is 12.0. The zero-order valence-corrected chi connectivity index (χ0v) is 69.9. The lowest BCUT2D eigenvalue weighted by atomic mass is 9.62. The SMILES string of the molecule is C.C.C.C=C(c1ccc(C(=O)O)cc1)c1cc2c(cc1C)C(C)(C)CCC2(C)C.CC1(C)CCC(C)(C)c2cc(C(O)/C=C/c3ccc(C(=O)O)cc3)ccc21.CC1(C)CCC(C)(C)c2cc3cc(-c4ccc(C(=O)O)cc4)ccc3cc21.O=C(O)c1ccc(-c2cc(=O)c3ccccc3o2)cc1.O=C(O)c1ccc(/C=C/C(=O)c2ccccc2)cc1. The second-order valence-corrected chi connectivity index (χ2v) is 35.1. The molecule has 0 aliphatic heterocycles. The fourth-order valence-electron chi connectivity index (χ4n) is 15.8. The fraction of sp³-hybridized carbons (Fsp3) is 0.269. The molecule has 0 bridgehead atoms. The summed E-state index contributed by atoms with van der Waals surface area (Å²) in [7, 11) is 0. The molecular weight excluding hydrogens is 1520 g/mol. The van der Waals surface area contributed by atoms with Gasteiger partial charge in [0.25, 0.3) is 0 Å². The average molecular weight is 1640 g/mol. The molecule has 3 aliphatic carbocycles. The molecule has 1 heterocycles. The summed E-state index contributed by atoms with van der Waals surface area (Å²) in [6.07, 6.45) is 13.1. The smallest absolute Gasteiger partial charge is 0.335 e. The average Bonchev–Trinajstić information content (AvgIpc) is 0.757. The molecule has 0 radical (unpaired) electrons. The van der Waals surface area contributed by atoms with E-state index in [4.69, 9.17) is 29.9 Å². The van der Waals surface area contributed by atoms with E-state index >= 15 is 0 Å². The van der Waals surface area contributed by atoms with Gasteiger partial charge in [-0.05, 0) is 257 Å². The molecule has 1 atom stereocenters. The van der Waals surface area contributed by atoms with Crippen molar-refractivity contribution < 1.29 is 63.8 Å². The lowest BCUT2D eigenvalue weighted by molar-refractivity contribution is 0.0686. The first-order valence-corrected chi connectivity index (χ1v) is 40.1. The van der Waals surface area contributed by atoms with E-state index in [1.807, 2.05) is 54.6 Å². The first-order chi connectivity index (χ1) is 56.1. The third-order valence-corrected chi connectivity index (χ3v) is 23.8. The van der Waals surface area contributed by atoms with Crippen LogP contribution in [0.2, 0.25) is 0 Å². The predicted octanol–water partition coefficient (Wildman–Crippen LogP) is 26.5. The van der Waals surface area contributed by atoms with Crippen LogP contribution in [0.5, 0.6) is 0 Å². The number of carboxylic acid groups (broad SMARTS) is 5. The maximum Gasteiger partial charge on any atom is 0.335 e. The van der Waals surface area contributed by atoms with Crippen LogP contribution in [0, 0.1) is 6.92 Å². The molecule has 0 saturated carbocycles. The van der Waals surface area contributed by atoms with E-state index in [1.54, 1.807) is 121 Å². The number of aliphatic hydroxyl groups is 1. The molecule has 1 unspecified atom stereocenters. The van der Waals surface area contributed by atoms with Gasteiger partial charge in [-0.3, -0.25) is 9.59 Å². The van der Waals surface area contributed by atoms with Gasteiger partial charge in [-0.1, -0.05) is 288 Å². The molecule has 15 rings (SSSR count). The van der Waals surface area contributed by atoms with Crippen LogP contribution in [0.4, 0.5) is 0 Å². The fourth-order valence-corrected chi connectivity index (χ4v) is 15.8. The lowest BCUT2D eigenvalue weighted by Gasteiger charge is -2.42. The molecule has 0 saturated heterocycles. The van der Waals surface area contributed by atoms with Gasteiger partial charge in [0.1, 0.15) is 11.3 Å². The number of rotatable bonds is 15. The predicted molar refractivity (Wildman–Crippen MR) is 497 cm³/mol. The minimum atomic E-state index is -0.989. The normalized spacial score (nSPS) is 15.1. The number of aryl methyl sites for hydroxylation is 1. The van der Waals surface area contributed by atoms with Crippen molar-refractivity contribution in [2.75, 3.05) is 0 Å². The van der Waals surface area contributed by atoms with Gasteiger partial charge in [-0.15, -0.1) is 0 Å². The number of ketones is 1. The van der Waals surface area contributed by atoms with Crippen molar-refractivity contribution in [2.24, 2.45) is 0 Å². The van der Waals surface area contributed by atoms with Gasteiger partial charge in [0.05, 0.1) is 39.3 Å². The van der Waals surface area contributed by atoms with Crippen LogP contribution in [0.3, 0.4) is 0 Å². The van der Waals surface area contributed by atoms with E-state index in [-0.39, 0.29) is 82.7 Å². The topological polar surface area (TPSA) is 254 Å². The number of benzene rings is 11. The number of para-hydroxylation sites is 1. The third kappa shape index (κ3) is 22.2. The van der Waals surface area contributed by atoms with E-state index in [0.29, 0.717) is 39.0 Å². The summed E-state index contributed by atoms with van der Waals surface area (Å²) in [6, 6.07) is 72.9. The maximum absolute atomic E-state index is 12.0. The zero-order valence-electron chi connectivity index (χ0n) is 69.9. The van der Waals surface area contributed by atoms with Crippen molar-refractivity contribution in [2.45, 2.75) is 189 Å². The van der Waals surface area contributed by atoms with Crippen molar-refractivity contribution in [3.8, 4) is 22.5 Å². The number of aliphatic hydroxyl groups excluding tert-OH is 1. The van der Waals surface area contributed by atoms with E-state index in [2.05, 4.69) is 151 Å². The highest BCUT2D eigenvalue weighted by molar-refractivity contribution is 6.07. The van der Waals surface area contributed by atoms with Crippen LogP contribution in [-0.4, -0.2) is 66.3 Å². The summed E-state index contributed by atoms with van der Waals surface area (Å²) in [5.74, 6) is -4.35. The Balaban J connectivity index is 0.000000190. The van der Waals surface area contributed by atoms with Crippen LogP contribution in [0.15, 0.2) is 271 Å². The number of hydrogen-bond acceptors (Lipinski definition) is 9. The summed E-state index contributed by atoms with van der Waals surface area (Å²) in [5, 5.41) is 58.5. The molecule has 3 aliphatic rings. The molecule has 122 heavy (non-hydrogen) atoms. The Morgan fingerprint density at radius 2 is 0.746 bits per heavy atom. The summed E-state index contributed by atoms with van der Waals surface area (Å²) in [5.41, 5.74) is 21.5. The van der Waals surface area contributed by atoms with Crippen molar-refractivity contribution in [1.29, 1.82) is 0 Å². The second kappa shape index (κ2) is 38.6. The van der Waals surface area contributed by atoms with Crippen molar-refractivity contribution in [3.63, 3.8) is 0 Å². The van der Waals surface area contributed by atoms with Crippen molar-refractivity contribution in [3.05, 3.63) is 372 Å². The molecule has 14 nitrogen and oxygen atoms in total. The van der Waals surface area contributed by atoms with Gasteiger partial charge in [-0.2, -0.15) is 0 Å². The Bertz CT molecular complexity index is 5950. The number of hydrogen-bond donors (Lipinski definition) is 6. The van der Waals surface area contributed by atoms with Crippen molar-refractivity contribution >= 4 is 75.1 Å². The van der Waals surface area contributed by atoms with Gasteiger partial charge in [0, 0.05) is 17.2 Å². The quantitative estimate of drug-likeness (QED) is 0.0412. The molecule has 12 aromatic rings. The Morgan fingerprint density at radius 3 is 1.22 bits per heavy atom. The molecule has 0 spiro atoms. The van der Waals surface area contributed by atoms with Crippen LogP contribution < -0.4 is 5.43 Å². The van der Waals surface area contributed by atoms with Gasteiger partial charge >= 0.3 is 29.8 Å². The summed E-state index contributed by atoms with van der Waals surface area (Å²) in [6.45, 7) is 34.3. The van der Waals surface area contributed by atoms with Gasteiger partial charge in [0.2, 0.25) is 0 Å². The van der Waals surface area contributed by atoms with Crippen molar-refractivity contribution in [1.82, 2.24) is 0 Å². The number of carboxylic acids is 5. The largest absolute Gasteiger partial charge is 0.478 e. The van der Waals surface area contributed by atoms with E-state index < -0.39 is 36.0 Å². The molecule has 632 valence electrons. The third-order valence-electron chi connectivity index (χ3n) is 23.8. The number of carbonyl (C=O) groups excluding carboxylic acids is 1. The highest BCUT2D eigenvalue weighted by Gasteiger charge is 2.40. The minimum Gasteiger partial charge on any atom is -0.478 e. The Hall–Kier alpha value is -12.9. The number of carbonyl (C=O) groups is 6. The first-order valence-electron chi connectivity index (χ1n) is 40.1. The summed E-state index contributed by atoms with van der Waals surface area (Å²) < 4.78 is 5.68. The summed E-state index contributed by atoms with van der Waals surface area (Å²) in [4.78, 5) is 78.4. The summed E-state index contributed by atoms with van der Waals surface area (Å²) >= 11 is 0. The molecular formula is C108H116O14. The molecule has 14 heteroatoms. The van der Waals surface area contributed by atoms with E-state index in [9.17, 15) is 38.7 Å². The van der Waals surface area contributed by atoms with Crippen LogP contribution in [-0.2, 0) is 32.5 Å². The molecule has 0 amide bonds. The number of allylic oxidation sites excluding steroid dienone is 1. The minimum absolute atomic E-state index is 0. The number of fused-ring (bicyclic) bond motifs is 5. The van der Waals surface area contributed by atoms with E-state index in [0.717, 1.165) is 50.9 Å². The second-order valence-electron chi connectivity index (χ2n) is 35.1. The van der Waals surface area contributed by atoms with Gasteiger partial charge in [0.15, 0.2) is 11.2 Å². The first kappa shape index (κ1) is 94.6. The van der Waals surface area contributed by atoms with Gasteiger partial charge in [-0.25, -0.2) is 24.0 Å². The van der Waals surface area contributed by atoms with Gasteiger partial charge < -0.3 is 35.1 Å². The molecule has 6 N–H and O–H groups in total. The number of aromatic carboxylic acids is 5. The van der Waals surface area contributed by atoms with E-state index in [1.165, 1.54) is 118 Å². The highest BCUT2D eigenvalue weighted by atomic mass is 16.4. The molecule has 1 aromatic heterocycles. The molecule has 11 aromatic carbocycles. The standard InChI is InChI=1S/C25H26O2.C24H28O3.C24H28O2.C16H10O4.C16H12O3.3CH4/c1-24(2)11-12-25(3,4)22-15-20-13-18(9-10-19(20)14-21(22)24)16-5-7-17(8-6-16)23(26)27;1-23(2)13-14-24(3,4)20-15-18(10-11-19(20)23)21(25)12-7-16-5-8-17(9-6-16)22(26)27;1-15-13-20-21(24(5,6)12-11-23(20,3)4)14-19(15)16(2)17-7-9-18(10-8-17)22(25)26;17-13-9-15(20-14-4-2-1-3-12(13)14)10-5-7-11(8-6-10)16(18)19;17-15(13-4-2-1-3-5-13)11-8-12-6-9-14(10-7-12)16(18)19;;;/h5-10,13-15H,11-12H2,1-4H3,(H,26,27);5-12,15,21,25H,13-14H2,1-4H3,(H,26,27);7-10,13-14H,2,11-12H2,1,3-6H3,(H,25,26);1-9H,(H,18,19);1-11H,(H,18,19);3*1H4/b;12-7+;;;11-8+;;;. The lowest BCUT2D eigenvalue weighted by Crippen LogP contribution is -2.34. The van der Waals surface area contributed by atoms with Crippen LogP contribution in [0.1, 0.15) is 279 Å². The highest BCUT2D eigenvalue weighted by Crippen LogP contribution is 2.50.